The molecule has 0 spiro atoms. The molecule has 1 unspecified atom stereocenters. The van der Waals surface area contributed by atoms with Crippen LogP contribution in [0.2, 0.25) is 0 Å². The van der Waals surface area contributed by atoms with Crippen LogP contribution in [0.4, 0.5) is 4.39 Å². The van der Waals surface area contributed by atoms with Gasteiger partial charge in [-0.05, 0) is 56.0 Å². The van der Waals surface area contributed by atoms with Crippen molar-refractivity contribution in [3.05, 3.63) is 53.9 Å². The number of rotatable bonds is 6. The monoisotopic (exact) mass is 383 g/mol. The number of hydrogen-bond acceptors (Lipinski definition) is 5. The Balaban J connectivity index is 1.30. The van der Waals surface area contributed by atoms with Crippen LogP contribution in [0.5, 0.6) is 0 Å². The van der Waals surface area contributed by atoms with Gasteiger partial charge in [0, 0.05) is 37.8 Å². The van der Waals surface area contributed by atoms with E-state index in [0.29, 0.717) is 35.3 Å². The number of halogens is 1. The molecule has 1 atom stereocenters. The highest BCUT2D eigenvalue weighted by Crippen LogP contribution is 2.23. The van der Waals surface area contributed by atoms with Crippen molar-refractivity contribution in [2.24, 2.45) is 5.92 Å². The molecule has 8 heteroatoms. The number of aryl methyl sites for hydroxylation is 2. The molecular weight excluding hydrogens is 361 g/mol. The van der Waals surface area contributed by atoms with Crippen molar-refractivity contribution in [1.82, 2.24) is 24.8 Å². The summed E-state index contributed by atoms with van der Waals surface area (Å²) >= 11 is 0. The van der Waals surface area contributed by atoms with Crippen LogP contribution in [-0.4, -0.2) is 43.8 Å². The van der Waals surface area contributed by atoms with E-state index in [2.05, 4.69) is 15.2 Å². The van der Waals surface area contributed by atoms with Crippen molar-refractivity contribution >= 4 is 5.91 Å². The van der Waals surface area contributed by atoms with Crippen LogP contribution < -0.4 is 0 Å². The summed E-state index contributed by atoms with van der Waals surface area (Å²) in [5, 5.41) is 8.32. The molecule has 0 bridgehead atoms. The largest absolute Gasteiger partial charge is 0.337 e. The molecule has 1 aliphatic heterocycles. The average Bonchev–Trinajstić information content (AvgIpc) is 3.46. The normalized spacial score (nSPS) is 16.6. The second kappa shape index (κ2) is 7.92. The highest BCUT2D eigenvalue weighted by molar-refractivity contribution is 5.92. The lowest BCUT2D eigenvalue weighted by atomic mass is 10.0. The van der Waals surface area contributed by atoms with Crippen molar-refractivity contribution < 1.29 is 13.7 Å². The Morgan fingerprint density at radius 1 is 1.29 bits per heavy atom. The van der Waals surface area contributed by atoms with E-state index in [1.807, 2.05) is 18.0 Å². The van der Waals surface area contributed by atoms with Crippen molar-refractivity contribution in [2.45, 2.75) is 32.7 Å². The van der Waals surface area contributed by atoms with Gasteiger partial charge in [-0.25, -0.2) is 4.39 Å². The maximum atomic E-state index is 13.0. The molecule has 28 heavy (non-hydrogen) atoms. The molecule has 1 aliphatic rings. The average molecular weight is 383 g/mol. The van der Waals surface area contributed by atoms with Gasteiger partial charge in [0.25, 0.3) is 11.8 Å². The van der Waals surface area contributed by atoms with Gasteiger partial charge in [-0.2, -0.15) is 10.1 Å². The van der Waals surface area contributed by atoms with E-state index in [4.69, 9.17) is 4.52 Å². The fraction of sp³-hybridized carbons (Fsp3) is 0.400. The summed E-state index contributed by atoms with van der Waals surface area (Å²) in [4.78, 5) is 18.8. The summed E-state index contributed by atoms with van der Waals surface area (Å²) in [7, 11) is 0. The highest BCUT2D eigenvalue weighted by atomic mass is 19.1. The zero-order valence-corrected chi connectivity index (χ0v) is 15.7. The summed E-state index contributed by atoms with van der Waals surface area (Å²) in [5.41, 5.74) is 1.20. The Bertz CT molecular complexity index is 950. The van der Waals surface area contributed by atoms with Crippen LogP contribution in [0.3, 0.4) is 0 Å². The van der Waals surface area contributed by atoms with Gasteiger partial charge in [0.2, 0.25) is 0 Å². The van der Waals surface area contributed by atoms with Gasteiger partial charge in [0.1, 0.15) is 11.5 Å². The molecule has 1 fully saturated rings. The minimum Gasteiger partial charge on any atom is -0.337 e. The molecule has 2 aromatic heterocycles. The fourth-order valence-corrected chi connectivity index (χ4v) is 3.47. The topological polar surface area (TPSA) is 77.0 Å². The molecule has 0 saturated carbocycles. The fourth-order valence-electron chi connectivity index (χ4n) is 3.47. The van der Waals surface area contributed by atoms with Gasteiger partial charge in [0.15, 0.2) is 5.82 Å². The molecule has 146 valence electrons. The van der Waals surface area contributed by atoms with Crippen molar-refractivity contribution in [2.75, 3.05) is 13.1 Å². The van der Waals surface area contributed by atoms with E-state index in [1.54, 1.807) is 22.9 Å². The first kappa shape index (κ1) is 18.3. The Morgan fingerprint density at radius 3 is 2.86 bits per heavy atom. The Hall–Kier alpha value is -3.03. The molecular formula is C20H22FN5O2. The van der Waals surface area contributed by atoms with Gasteiger partial charge in [-0.15, -0.1) is 0 Å². The number of hydrogen-bond donors (Lipinski definition) is 0. The smallest absolute Gasteiger partial charge is 0.274 e. The Morgan fingerprint density at radius 2 is 2.11 bits per heavy atom. The number of nitrogens with zero attached hydrogens (tertiary/aromatic N) is 5. The van der Waals surface area contributed by atoms with Crippen LogP contribution in [0.1, 0.15) is 36.1 Å². The number of benzene rings is 1. The van der Waals surface area contributed by atoms with Gasteiger partial charge < -0.3 is 9.42 Å². The van der Waals surface area contributed by atoms with Crippen LogP contribution in [0, 0.1) is 11.7 Å². The van der Waals surface area contributed by atoms with E-state index in [1.165, 1.54) is 12.1 Å². The molecule has 1 saturated heterocycles. The molecule has 7 nitrogen and oxygen atoms in total. The number of carbonyl (C=O) groups excluding carboxylic acids is 1. The molecule has 0 aliphatic carbocycles. The van der Waals surface area contributed by atoms with Crippen molar-refractivity contribution in [1.29, 1.82) is 0 Å². The number of likely N-dealkylation sites (tertiary alicyclic amines) is 1. The summed E-state index contributed by atoms with van der Waals surface area (Å²) in [6.07, 6.45) is 4.36. The SMILES string of the molecule is CCn1ccc(C(=O)N2CCC(CCc3noc(-c4ccc(F)cc4)n3)C2)n1. The standard InChI is InChI=1S/C20H22FN5O2/c1-2-26-12-10-17(23-26)20(27)25-11-9-14(13-25)3-8-18-22-19(28-24-18)15-4-6-16(21)7-5-15/h4-7,10,12,14H,2-3,8-9,11,13H2,1H3. The zero-order chi connectivity index (χ0) is 19.5. The van der Waals surface area contributed by atoms with E-state index in [0.717, 1.165) is 32.5 Å². The third-order valence-electron chi connectivity index (χ3n) is 5.09. The predicted molar refractivity (Wildman–Crippen MR) is 99.9 cm³/mol. The lowest BCUT2D eigenvalue weighted by Gasteiger charge is -2.14. The van der Waals surface area contributed by atoms with Crippen LogP contribution >= 0.6 is 0 Å². The van der Waals surface area contributed by atoms with Gasteiger partial charge >= 0.3 is 0 Å². The first-order valence-electron chi connectivity index (χ1n) is 9.53. The van der Waals surface area contributed by atoms with Crippen LogP contribution in [0.15, 0.2) is 41.1 Å². The molecule has 3 aromatic rings. The van der Waals surface area contributed by atoms with Gasteiger partial charge in [-0.3, -0.25) is 9.48 Å². The maximum absolute atomic E-state index is 13.0. The zero-order valence-electron chi connectivity index (χ0n) is 15.7. The molecule has 1 amide bonds. The van der Waals surface area contributed by atoms with E-state index < -0.39 is 0 Å². The maximum Gasteiger partial charge on any atom is 0.274 e. The first-order chi connectivity index (χ1) is 13.6. The van der Waals surface area contributed by atoms with Gasteiger partial charge in [-0.1, -0.05) is 5.16 Å². The van der Waals surface area contributed by atoms with Gasteiger partial charge in [0.05, 0.1) is 0 Å². The van der Waals surface area contributed by atoms with E-state index in [-0.39, 0.29) is 11.7 Å². The molecule has 1 aromatic carbocycles. The predicted octanol–water partition coefficient (Wildman–Crippen LogP) is 3.19. The molecule has 0 N–H and O–H groups in total. The first-order valence-corrected chi connectivity index (χ1v) is 9.53. The number of amides is 1. The lowest BCUT2D eigenvalue weighted by Crippen LogP contribution is -2.29. The molecule has 4 rings (SSSR count). The third kappa shape index (κ3) is 3.95. The minimum absolute atomic E-state index is 0.00661. The third-order valence-corrected chi connectivity index (χ3v) is 5.09. The Labute approximate surface area is 162 Å². The van der Waals surface area contributed by atoms with Crippen molar-refractivity contribution in [3.8, 4) is 11.5 Å². The summed E-state index contributed by atoms with van der Waals surface area (Å²) in [6.45, 7) is 4.21. The second-order valence-corrected chi connectivity index (χ2v) is 7.02. The van der Waals surface area contributed by atoms with Crippen molar-refractivity contribution in [3.63, 3.8) is 0 Å². The summed E-state index contributed by atoms with van der Waals surface area (Å²) < 4.78 is 20.1. The lowest BCUT2D eigenvalue weighted by molar-refractivity contribution is 0.0780. The summed E-state index contributed by atoms with van der Waals surface area (Å²) in [6, 6.07) is 7.75. The van der Waals surface area contributed by atoms with E-state index >= 15 is 0 Å². The Kier molecular flexibility index (Phi) is 5.18. The molecule has 3 heterocycles. The second-order valence-electron chi connectivity index (χ2n) is 7.02. The quantitative estimate of drug-likeness (QED) is 0.653. The van der Waals surface area contributed by atoms with E-state index in [9.17, 15) is 9.18 Å². The summed E-state index contributed by atoms with van der Waals surface area (Å²) in [5.74, 6) is 1.12. The highest BCUT2D eigenvalue weighted by Gasteiger charge is 2.28. The molecule has 0 radical (unpaired) electrons. The van der Waals surface area contributed by atoms with Crippen LogP contribution in [-0.2, 0) is 13.0 Å². The number of aromatic nitrogens is 4. The van der Waals surface area contributed by atoms with Crippen LogP contribution in [0.25, 0.3) is 11.5 Å². The minimum atomic E-state index is -0.301. The number of carbonyl (C=O) groups is 1.